The van der Waals surface area contributed by atoms with Gasteiger partial charge in [-0.1, -0.05) is 0 Å². The fourth-order valence-electron chi connectivity index (χ4n) is 0.700. The maximum absolute atomic E-state index is 10.7. The lowest BCUT2D eigenvalue weighted by molar-refractivity contribution is -0.121. The Bertz CT molecular complexity index is 205. The van der Waals surface area contributed by atoms with Gasteiger partial charge < -0.3 is 16.8 Å². The van der Waals surface area contributed by atoms with Crippen LogP contribution in [0.4, 0.5) is 0 Å². The summed E-state index contributed by atoms with van der Waals surface area (Å²) in [5, 5.41) is 2.28. The maximum Gasteiger partial charge on any atom is 0.234 e. The first kappa shape index (κ1) is 11.6. The number of carbonyl (C=O) groups is 2. The molecule has 1 atom stereocenters. The van der Waals surface area contributed by atoms with E-state index in [-0.39, 0.29) is 19.4 Å². The SMILES string of the molecule is NCC(=O)N[C@H]([C]=O)CCC(N)=O. The van der Waals surface area contributed by atoms with Gasteiger partial charge in [-0.3, -0.25) is 14.4 Å². The third kappa shape index (κ3) is 5.80. The van der Waals surface area contributed by atoms with E-state index in [1.54, 1.807) is 6.29 Å². The van der Waals surface area contributed by atoms with Gasteiger partial charge in [0, 0.05) is 6.42 Å². The number of nitrogens with one attached hydrogen (secondary N) is 1. The molecule has 0 aromatic rings. The summed E-state index contributed by atoms with van der Waals surface area (Å²) < 4.78 is 0. The van der Waals surface area contributed by atoms with Crippen molar-refractivity contribution in [1.82, 2.24) is 5.32 Å². The van der Waals surface area contributed by atoms with E-state index in [1.165, 1.54) is 0 Å². The zero-order valence-corrected chi connectivity index (χ0v) is 7.08. The summed E-state index contributed by atoms with van der Waals surface area (Å²) in [5.74, 6) is -0.986. The van der Waals surface area contributed by atoms with E-state index < -0.39 is 17.9 Å². The second-order valence-corrected chi connectivity index (χ2v) is 2.45. The zero-order valence-electron chi connectivity index (χ0n) is 7.08. The fourth-order valence-corrected chi connectivity index (χ4v) is 0.700. The number of hydrogen-bond acceptors (Lipinski definition) is 4. The Hall–Kier alpha value is -1.43. The van der Waals surface area contributed by atoms with E-state index in [0.717, 1.165) is 0 Å². The van der Waals surface area contributed by atoms with Crippen molar-refractivity contribution in [2.24, 2.45) is 11.5 Å². The molecular weight excluding hydrogens is 174 g/mol. The number of rotatable bonds is 6. The van der Waals surface area contributed by atoms with Crippen LogP contribution >= 0.6 is 0 Å². The topological polar surface area (TPSA) is 115 Å². The van der Waals surface area contributed by atoms with Crippen molar-refractivity contribution in [3.05, 3.63) is 0 Å². The Balaban J connectivity index is 3.82. The molecule has 6 nitrogen and oxygen atoms in total. The van der Waals surface area contributed by atoms with Crippen LogP contribution in [0.25, 0.3) is 0 Å². The molecule has 13 heavy (non-hydrogen) atoms. The molecule has 0 rings (SSSR count). The molecule has 0 aliphatic heterocycles. The van der Waals surface area contributed by atoms with Crippen molar-refractivity contribution in [3.63, 3.8) is 0 Å². The third-order valence-electron chi connectivity index (χ3n) is 1.34. The first-order valence-electron chi connectivity index (χ1n) is 3.75. The minimum Gasteiger partial charge on any atom is -0.370 e. The molecule has 0 aliphatic carbocycles. The van der Waals surface area contributed by atoms with Gasteiger partial charge >= 0.3 is 0 Å². The standard InChI is InChI=1S/C7H12N3O3/c8-3-7(13)10-5(4-11)1-2-6(9)12/h5H,1-3,8H2,(H2,9,12)(H,10,13)/t5-/m0/s1. The highest BCUT2D eigenvalue weighted by Crippen LogP contribution is 1.93. The average molecular weight is 186 g/mol. The highest BCUT2D eigenvalue weighted by atomic mass is 16.2. The Labute approximate surface area is 75.6 Å². The molecule has 5 N–H and O–H groups in total. The van der Waals surface area contributed by atoms with Crippen molar-refractivity contribution in [2.75, 3.05) is 6.54 Å². The molecule has 0 heterocycles. The van der Waals surface area contributed by atoms with Crippen molar-refractivity contribution in [3.8, 4) is 0 Å². The summed E-state index contributed by atoms with van der Waals surface area (Å²) in [4.78, 5) is 31.3. The van der Waals surface area contributed by atoms with Crippen molar-refractivity contribution < 1.29 is 14.4 Å². The molecule has 73 valence electrons. The second kappa shape index (κ2) is 6.13. The van der Waals surface area contributed by atoms with Gasteiger partial charge in [0.25, 0.3) is 0 Å². The van der Waals surface area contributed by atoms with Gasteiger partial charge in [-0.2, -0.15) is 0 Å². The quantitative estimate of drug-likeness (QED) is 0.436. The summed E-state index contributed by atoms with van der Waals surface area (Å²) in [7, 11) is 0. The Morgan fingerprint density at radius 3 is 2.46 bits per heavy atom. The van der Waals surface area contributed by atoms with Crippen LogP contribution in [-0.4, -0.2) is 30.7 Å². The predicted molar refractivity (Wildman–Crippen MR) is 45.1 cm³/mol. The van der Waals surface area contributed by atoms with E-state index in [4.69, 9.17) is 11.5 Å². The first-order chi connectivity index (χ1) is 6.10. The molecule has 0 spiro atoms. The molecule has 0 saturated carbocycles. The molecular formula is C7H12N3O3. The van der Waals surface area contributed by atoms with Crippen molar-refractivity contribution in [2.45, 2.75) is 18.9 Å². The van der Waals surface area contributed by atoms with Gasteiger partial charge in [-0.05, 0) is 6.42 Å². The molecule has 1 radical (unpaired) electrons. The Morgan fingerprint density at radius 1 is 1.46 bits per heavy atom. The molecule has 0 unspecified atom stereocenters. The van der Waals surface area contributed by atoms with Crippen LogP contribution in [0.3, 0.4) is 0 Å². The summed E-state index contributed by atoms with van der Waals surface area (Å²) in [6.07, 6.45) is 1.77. The lowest BCUT2D eigenvalue weighted by Gasteiger charge is -2.09. The second-order valence-electron chi connectivity index (χ2n) is 2.45. The third-order valence-corrected chi connectivity index (χ3v) is 1.34. The number of hydrogen-bond donors (Lipinski definition) is 3. The van der Waals surface area contributed by atoms with Gasteiger partial charge in [0.05, 0.1) is 12.6 Å². The molecule has 0 saturated heterocycles. The molecule has 0 fully saturated rings. The molecule has 2 amide bonds. The van der Waals surface area contributed by atoms with Crippen LogP contribution in [0, 0.1) is 0 Å². The number of primary amides is 1. The lowest BCUT2D eigenvalue weighted by atomic mass is 10.1. The fraction of sp³-hybridized carbons (Fsp3) is 0.571. The maximum atomic E-state index is 10.7. The normalized spacial score (nSPS) is 11.8. The van der Waals surface area contributed by atoms with Crippen LogP contribution in [0.15, 0.2) is 0 Å². The molecule has 0 aromatic heterocycles. The predicted octanol–water partition coefficient (Wildman–Crippen LogP) is -2.19. The van der Waals surface area contributed by atoms with Crippen molar-refractivity contribution in [1.29, 1.82) is 0 Å². The minimum atomic E-state index is -0.802. The Kier molecular flexibility index (Phi) is 5.45. The first-order valence-corrected chi connectivity index (χ1v) is 3.75. The molecule has 0 bridgehead atoms. The molecule has 0 aliphatic rings. The van der Waals surface area contributed by atoms with E-state index >= 15 is 0 Å². The van der Waals surface area contributed by atoms with Gasteiger partial charge in [-0.15, -0.1) is 0 Å². The minimum absolute atomic E-state index is 0.0325. The van der Waals surface area contributed by atoms with Crippen LogP contribution in [0.1, 0.15) is 12.8 Å². The van der Waals surface area contributed by atoms with Gasteiger partial charge in [0.1, 0.15) is 0 Å². The summed E-state index contributed by atoms with van der Waals surface area (Å²) in [5.41, 5.74) is 9.85. The highest BCUT2D eigenvalue weighted by Gasteiger charge is 2.11. The van der Waals surface area contributed by atoms with E-state index in [1.807, 2.05) is 0 Å². The van der Waals surface area contributed by atoms with E-state index in [0.29, 0.717) is 0 Å². The largest absolute Gasteiger partial charge is 0.370 e. The average Bonchev–Trinajstić information content (AvgIpc) is 2.11. The zero-order chi connectivity index (χ0) is 10.3. The molecule has 6 heteroatoms. The van der Waals surface area contributed by atoms with E-state index in [2.05, 4.69) is 5.32 Å². The number of nitrogens with two attached hydrogens (primary N) is 2. The lowest BCUT2D eigenvalue weighted by Crippen LogP contribution is -2.40. The smallest absolute Gasteiger partial charge is 0.234 e. The van der Waals surface area contributed by atoms with Crippen molar-refractivity contribution >= 4 is 18.1 Å². The highest BCUT2D eigenvalue weighted by molar-refractivity contribution is 5.81. The summed E-state index contributed by atoms with van der Waals surface area (Å²) in [6.45, 7) is -0.200. The van der Waals surface area contributed by atoms with Crippen LogP contribution in [0.5, 0.6) is 0 Å². The monoisotopic (exact) mass is 186 g/mol. The molecule has 0 aromatic carbocycles. The van der Waals surface area contributed by atoms with E-state index in [9.17, 15) is 14.4 Å². The van der Waals surface area contributed by atoms with Crippen LogP contribution in [-0.2, 0) is 14.4 Å². The van der Waals surface area contributed by atoms with Crippen LogP contribution in [0.2, 0.25) is 0 Å². The number of carbonyl (C=O) groups excluding carboxylic acids is 3. The van der Waals surface area contributed by atoms with Crippen LogP contribution < -0.4 is 16.8 Å². The van der Waals surface area contributed by atoms with Gasteiger partial charge in [0.15, 0.2) is 0 Å². The van der Waals surface area contributed by atoms with Gasteiger partial charge in [0.2, 0.25) is 18.1 Å². The van der Waals surface area contributed by atoms with Gasteiger partial charge in [-0.25, -0.2) is 0 Å². The summed E-state index contributed by atoms with van der Waals surface area (Å²) in [6, 6.07) is -0.802. The number of amides is 2. The summed E-state index contributed by atoms with van der Waals surface area (Å²) >= 11 is 0. The Morgan fingerprint density at radius 2 is 2.08 bits per heavy atom.